The summed E-state index contributed by atoms with van der Waals surface area (Å²) in [6, 6.07) is 14.3. The molecule has 1 aromatic heterocycles. The Hall–Kier alpha value is -2.77. The standard InChI is InChI=1S/C16H10ClN3O/c17-12-5-6-15(21)10(8-12)7-11(9-18)16-19-13-3-1-2-4-14(13)20-16/h1-8,21H,(H,19,20)/b11-7+. The highest BCUT2D eigenvalue weighted by Gasteiger charge is 2.09. The number of para-hydroxylation sites is 2. The molecule has 0 spiro atoms. The van der Waals surface area contributed by atoms with Crippen molar-refractivity contribution < 1.29 is 5.11 Å². The zero-order valence-electron chi connectivity index (χ0n) is 10.8. The van der Waals surface area contributed by atoms with E-state index >= 15 is 0 Å². The Kier molecular flexibility index (Phi) is 3.35. The van der Waals surface area contributed by atoms with Crippen molar-refractivity contribution in [3.05, 3.63) is 58.9 Å². The molecule has 0 aliphatic heterocycles. The van der Waals surface area contributed by atoms with Crippen LogP contribution in [0.25, 0.3) is 22.7 Å². The molecule has 0 saturated heterocycles. The number of aromatic hydroxyl groups is 1. The second kappa shape index (κ2) is 5.31. The van der Waals surface area contributed by atoms with Gasteiger partial charge in [-0.3, -0.25) is 0 Å². The van der Waals surface area contributed by atoms with Crippen LogP contribution in [0.1, 0.15) is 11.4 Å². The summed E-state index contributed by atoms with van der Waals surface area (Å²) < 4.78 is 0. The predicted octanol–water partition coefficient (Wildman–Crippen LogP) is 3.99. The Bertz CT molecular complexity index is 857. The van der Waals surface area contributed by atoms with Crippen molar-refractivity contribution in [3.8, 4) is 11.8 Å². The molecule has 0 unspecified atom stereocenters. The van der Waals surface area contributed by atoms with Crippen molar-refractivity contribution in [3.63, 3.8) is 0 Å². The second-order valence-electron chi connectivity index (χ2n) is 4.48. The molecule has 1 heterocycles. The van der Waals surface area contributed by atoms with Crippen molar-refractivity contribution >= 4 is 34.3 Å². The maximum absolute atomic E-state index is 9.82. The number of hydrogen-bond donors (Lipinski definition) is 2. The highest BCUT2D eigenvalue weighted by Crippen LogP contribution is 2.26. The summed E-state index contributed by atoms with van der Waals surface area (Å²) in [6.45, 7) is 0. The van der Waals surface area contributed by atoms with Gasteiger partial charge in [0.25, 0.3) is 0 Å². The minimum Gasteiger partial charge on any atom is -0.507 e. The zero-order chi connectivity index (χ0) is 14.8. The van der Waals surface area contributed by atoms with Gasteiger partial charge in [-0.15, -0.1) is 0 Å². The van der Waals surface area contributed by atoms with E-state index in [1.54, 1.807) is 18.2 Å². The first-order valence-electron chi connectivity index (χ1n) is 6.23. The van der Waals surface area contributed by atoms with Gasteiger partial charge in [-0.05, 0) is 36.4 Å². The zero-order valence-corrected chi connectivity index (χ0v) is 11.6. The van der Waals surface area contributed by atoms with E-state index in [1.807, 2.05) is 24.3 Å². The lowest BCUT2D eigenvalue weighted by atomic mass is 10.1. The van der Waals surface area contributed by atoms with Gasteiger partial charge in [-0.2, -0.15) is 5.26 Å². The maximum atomic E-state index is 9.82. The number of halogens is 1. The molecule has 2 N–H and O–H groups in total. The summed E-state index contributed by atoms with van der Waals surface area (Å²) in [6.07, 6.45) is 1.55. The number of aromatic amines is 1. The molecule has 3 rings (SSSR count). The summed E-state index contributed by atoms with van der Waals surface area (Å²) in [5.74, 6) is 0.515. The number of rotatable bonds is 2. The number of H-pyrrole nitrogens is 1. The minimum atomic E-state index is 0.0586. The van der Waals surface area contributed by atoms with Gasteiger partial charge in [0.2, 0.25) is 0 Å². The number of hydrogen-bond acceptors (Lipinski definition) is 3. The van der Waals surface area contributed by atoms with E-state index in [0.717, 1.165) is 11.0 Å². The summed E-state index contributed by atoms with van der Waals surface area (Å²) >= 11 is 5.91. The molecule has 3 aromatic rings. The lowest BCUT2D eigenvalue weighted by Gasteiger charge is -2.00. The Morgan fingerprint density at radius 3 is 2.86 bits per heavy atom. The molecule has 2 aromatic carbocycles. The number of nitrogens with zero attached hydrogens (tertiary/aromatic N) is 2. The number of fused-ring (bicyclic) bond motifs is 1. The van der Waals surface area contributed by atoms with E-state index in [2.05, 4.69) is 16.0 Å². The number of phenolic OH excluding ortho intramolecular Hbond substituents is 1. The number of aromatic nitrogens is 2. The van der Waals surface area contributed by atoms with E-state index in [1.165, 1.54) is 6.07 Å². The number of nitrogens with one attached hydrogen (secondary N) is 1. The largest absolute Gasteiger partial charge is 0.507 e. The topological polar surface area (TPSA) is 72.7 Å². The van der Waals surface area contributed by atoms with Gasteiger partial charge in [0.1, 0.15) is 17.6 Å². The molecule has 5 heteroatoms. The number of benzene rings is 2. The third-order valence-corrected chi connectivity index (χ3v) is 3.29. The van der Waals surface area contributed by atoms with Gasteiger partial charge in [-0.25, -0.2) is 4.98 Å². The Labute approximate surface area is 125 Å². The smallest absolute Gasteiger partial charge is 0.149 e. The SMILES string of the molecule is N#C/C(=C\c1cc(Cl)ccc1O)c1nc2ccccc2[nH]1. The molecule has 0 amide bonds. The van der Waals surface area contributed by atoms with Crippen LogP contribution in [0, 0.1) is 11.3 Å². The van der Waals surface area contributed by atoms with Crippen molar-refractivity contribution in [2.24, 2.45) is 0 Å². The fourth-order valence-electron chi connectivity index (χ4n) is 2.03. The van der Waals surface area contributed by atoms with Crippen LogP contribution in [0.2, 0.25) is 5.02 Å². The Balaban J connectivity index is 2.11. The molecule has 0 saturated carbocycles. The molecule has 21 heavy (non-hydrogen) atoms. The first-order valence-corrected chi connectivity index (χ1v) is 6.60. The van der Waals surface area contributed by atoms with Crippen molar-refractivity contribution in [2.45, 2.75) is 0 Å². The van der Waals surface area contributed by atoms with E-state index in [4.69, 9.17) is 11.6 Å². The number of allylic oxidation sites excluding steroid dienone is 1. The Morgan fingerprint density at radius 1 is 1.29 bits per heavy atom. The number of phenols is 1. The molecule has 0 fully saturated rings. The third-order valence-electron chi connectivity index (χ3n) is 3.05. The number of nitriles is 1. The fraction of sp³-hybridized carbons (Fsp3) is 0. The molecule has 0 aliphatic rings. The fourth-order valence-corrected chi connectivity index (χ4v) is 2.21. The summed E-state index contributed by atoms with van der Waals surface area (Å²) in [7, 11) is 0. The quantitative estimate of drug-likeness (QED) is 0.702. The first-order chi connectivity index (χ1) is 10.2. The molecule has 102 valence electrons. The Morgan fingerprint density at radius 2 is 2.10 bits per heavy atom. The first kappa shape index (κ1) is 13.2. The van der Waals surface area contributed by atoms with Crippen LogP contribution < -0.4 is 0 Å². The summed E-state index contributed by atoms with van der Waals surface area (Å²) in [5, 5.41) is 19.6. The van der Waals surface area contributed by atoms with Crippen molar-refractivity contribution in [2.75, 3.05) is 0 Å². The van der Waals surface area contributed by atoms with Crippen molar-refractivity contribution in [1.29, 1.82) is 5.26 Å². The second-order valence-corrected chi connectivity index (χ2v) is 4.91. The summed E-state index contributed by atoms with van der Waals surface area (Å²) in [4.78, 5) is 7.46. The van der Waals surface area contributed by atoms with Gasteiger partial charge >= 0.3 is 0 Å². The normalized spacial score (nSPS) is 11.5. The van der Waals surface area contributed by atoms with Gasteiger partial charge in [0.15, 0.2) is 0 Å². The van der Waals surface area contributed by atoms with Crippen LogP contribution in [0.5, 0.6) is 5.75 Å². The number of imidazole rings is 1. The molecule has 4 nitrogen and oxygen atoms in total. The van der Waals surface area contributed by atoms with Gasteiger partial charge in [0.05, 0.1) is 16.6 Å². The van der Waals surface area contributed by atoms with Gasteiger partial charge in [0, 0.05) is 10.6 Å². The summed E-state index contributed by atoms with van der Waals surface area (Å²) in [5.41, 5.74) is 2.43. The lowest BCUT2D eigenvalue weighted by molar-refractivity contribution is 0.474. The van der Waals surface area contributed by atoms with Crippen LogP contribution in [-0.2, 0) is 0 Å². The van der Waals surface area contributed by atoms with Crippen LogP contribution >= 0.6 is 11.6 Å². The predicted molar refractivity (Wildman–Crippen MR) is 82.7 cm³/mol. The van der Waals surface area contributed by atoms with Crippen LogP contribution in [0.15, 0.2) is 42.5 Å². The monoisotopic (exact) mass is 295 g/mol. The van der Waals surface area contributed by atoms with E-state index in [9.17, 15) is 10.4 Å². The highest BCUT2D eigenvalue weighted by atomic mass is 35.5. The van der Waals surface area contributed by atoms with Crippen LogP contribution in [0.4, 0.5) is 0 Å². The van der Waals surface area contributed by atoms with Gasteiger partial charge in [-0.1, -0.05) is 23.7 Å². The van der Waals surface area contributed by atoms with E-state index < -0.39 is 0 Å². The van der Waals surface area contributed by atoms with E-state index in [0.29, 0.717) is 22.0 Å². The van der Waals surface area contributed by atoms with Crippen LogP contribution in [0.3, 0.4) is 0 Å². The minimum absolute atomic E-state index is 0.0586. The maximum Gasteiger partial charge on any atom is 0.149 e. The molecular weight excluding hydrogens is 286 g/mol. The average Bonchev–Trinajstić information content (AvgIpc) is 2.91. The molecule has 0 bridgehead atoms. The average molecular weight is 296 g/mol. The highest BCUT2D eigenvalue weighted by molar-refractivity contribution is 6.30. The van der Waals surface area contributed by atoms with Crippen molar-refractivity contribution in [1.82, 2.24) is 9.97 Å². The molecule has 0 aliphatic carbocycles. The van der Waals surface area contributed by atoms with Gasteiger partial charge < -0.3 is 10.1 Å². The third kappa shape index (κ3) is 2.60. The van der Waals surface area contributed by atoms with Crippen LogP contribution in [-0.4, -0.2) is 15.1 Å². The molecular formula is C16H10ClN3O. The molecule has 0 atom stereocenters. The van der Waals surface area contributed by atoms with E-state index in [-0.39, 0.29) is 5.75 Å². The lowest BCUT2D eigenvalue weighted by Crippen LogP contribution is -1.85. The molecule has 0 radical (unpaired) electrons.